The molecule has 1 saturated heterocycles. The number of pyridine rings is 1. The number of hydrogen-bond acceptors (Lipinski definition) is 4. The van der Waals surface area contributed by atoms with Crippen LogP contribution in [0.15, 0.2) is 60.8 Å². The number of ether oxygens (including phenoxy) is 1. The number of methoxy groups -OCH3 is 1. The van der Waals surface area contributed by atoms with Crippen molar-refractivity contribution in [2.24, 2.45) is 0 Å². The van der Waals surface area contributed by atoms with E-state index < -0.39 is 0 Å². The van der Waals surface area contributed by atoms with Crippen molar-refractivity contribution in [3.8, 4) is 17.0 Å². The Labute approximate surface area is 206 Å². The summed E-state index contributed by atoms with van der Waals surface area (Å²) in [6, 6.07) is 18.6. The van der Waals surface area contributed by atoms with Crippen LogP contribution in [-0.2, 0) is 11.2 Å². The van der Waals surface area contributed by atoms with Crippen LogP contribution in [0.2, 0.25) is 0 Å². The zero-order valence-electron chi connectivity index (χ0n) is 20.9. The molecular formula is C29H32N4O2. The van der Waals surface area contributed by atoms with Crippen LogP contribution in [0, 0.1) is 20.8 Å². The SMILES string of the molecule is COc1ccccc1N1CCN(C(=O)Cc2c(-c3ccc(C)c(C)c3)nc3c(C)cccn23)CC1. The molecule has 3 heterocycles. The lowest BCUT2D eigenvalue weighted by atomic mass is 10.0. The smallest absolute Gasteiger partial charge is 0.228 e. The number of para-hydroxylation sites is 2. The van der Waals surface area contributed by atoms with Gasteiger partial charge in [0.25, 0.3) is 0 Å². The highest BCUT2D eigenvalue weighted by Crippen LogP contribution is 2.30. The molecule has 180 valence electrons. The third-order valence-corrected chi connectivity index (χ3v) is 7.10. The third-order valence-electron chi connectivity index (χ3n) is 7.10. The van der Waals surface area contributed by atoms with Gasteiger partial charge in [-0.2, -0.15) is 0 Å². The van der Waals surface area contributed by atoms with Crippen LogP contribution in [0.3, 0.4) is 0 Å². The molecule has 0 unspecified atom stereocenters. The molecule has 6 heteroatoms. The van der Waals surface area contributed by atoms with Gasteiger partial charge in [-0.25, -0.2) is 4.98 Å². The number of fused-ring (bicyclic) bond motifs is 1. The molecule has 0 saturated carbocycles. The molecule has 0 spiro atoms. The highest BCUT2D eigenvalue weighted by atomic mass is 16.5. The van der Waals surface area contributed by atoms with E-state index in [0.717, 1.165) is 52.7 Å². The number of anilines is 1. The van der Waals surface area contributed by atoms with E-state index in [1.54, 1.807) is 7.11 Å². The highest BCUT2D eigenvalue weighted by Gasteiger charge is 2.25. The molecule has 2 aromatic heterocycles. The summed E-state index contributed by atoms with van der Waals surface area (Å²) < 4.78 is 7.62. The van der Waals surface area contributed by atoms with Gasteiger partial charge < -0.3 is 18.9 Å². The van der Waals surface area contributed by atoms with Crippen LogP contribution in [0.1, 0.15) is 22.4 Å². The second-order valence-corrected chi connectivity index (χ2v) is 9.31. The molecule has 1 fully saturated rings. The Morgan fingerprint density at radius 3 is 2.43 bits per heavy atom. The van der Waals surface area contributed by atoms with Crippen LogP contribution < -0.4 is 9.64 Å². The number of aromatic nitrogens is 2. The third kappa shape index (κ3) is 4.36. The lowest BCUT2D eigenvalue weighted by Crippen LogP contribution is -2.49. The summed E-state index contributed by atoms with van der Waals surface area (Å²) >= 11 is 0. The van der Waals surface area contributed by atoms with Crippen LogP contribution in [0.5, 0.6) is 5.75 Å². The summed E-state index contributed by atoms with van der Waals surface area (Å²) in [5, 5.41) is 0. The molecule has 0 atom stereocenters. The second-order valence-electron chi connectivity index (χ2n) is 9.31. The second kappa shape index (κ2) is 9.45. The van der Waals surface area contributed by atoms with Gasteiger partial charge in [-0.1, -0.05) is 30.3 Å². The van der Waals surface area contributed by atoms with E-state index in [0.29, 0.717) is 19.5 Å². The van der Waals surface area contributed by atoms with Gasteiger partial charge in [-0.15, -0.1) is 0 Å². The van der Waals surface area contributed by atoms with Crippen molar-refractivity contribution in [1.82, 2.24) is 14.3 Å². The zero-order chi connectivity index (χ0) is 24.5. The fourth-order valence-electron chi connectivity index (χ4n) is 4.88. The van der Waals surface area contributed by atoms with Gasteiger partial charge in [0.1, 0.15) is 11.4 Å². The summed E-state index contributed by atoms with van der Waals surface area (Å²) in [5.41, 5.74) is 8.45. The average Bonchev–Trinajstić information content (AvgIpc) is 3.25. The van der Waals surface area contributed by atoms with Crippen LogP contribution >= 0.6 is 0 Å². The zero-order valence-corrected chi connectivity index (χ0v) is 20.9. The topological polar surface area (TPSA) is 50.1 Å². The van der Waals surface area contributed by atoms with Crippen molar-refractivity contribution in [3.63, 3.8) is 0 Å². The first kappa shape index (κ1) is 23.0. The highest BCUT2D eigenvalue weighted by molar-refractivity contribution is 5.82. The van der Waals surface area contributed by atoms with Crippen molar-refractivity contribution >= 4 is 17.2 Å². The Morgan fingerprint density at radius 1 is 0.914 bits per heavy atom. The molecule has 35 heavy (non-hydrogen) atoms. The minimum Gasteiger partial charge on any atom is -0.495 e. The number of nitrogens with zero attached hydrogens (tertiary/aromatic N) is 4. The van der Waals surface area contributed by atoms with Gasteiger partial charge in [0.15, 0.2) is 0 Å². The first-order chi connectivity index (χ1) is 17.0. The first-order valence-electron chi connectivity index (χ1n) is 12.2. The molecule has 1 aliphatic heterocycles. The van der Waals surface area contributed by atoms with Gasteiger partial charge in [0.05, 0.1) is 30.6 Å². The summed E-state index contributed by atoms with van der Waals surface area (Å²) in [4.78, 5) is 22.8. The molecule has 6 nitrogen and oxygen atoms in total. The van der Waals surface area contributed by atoms with Crippen molar-refractivity contribution in [3.05, 3.63) is 83.2 Å². The molecule has 0 aliphatic carbocycles. The van der Waals surface area contributed by atoms with Gasteiger partial charge in [-0.05, 0) is 61.7 Å². The Hall–Kier alpha value is -3.80. The number of carbonyl (C=O) groups excluding carboxylic acids is 1. The summed E-state index contributed by atoms with van der Waals surface area (Å²) in [7, 11) is 1.70. The van der Waals surface area contributed by atoms with E-state index in [1.807, 2.05) is 35.4 Å². The van der Waals surface area contributed by atoms with Crippen LogP contribution in [0.25, 0.3) is 16.9 Å². The summed E-state index contributed by atoms with van der Waals surface area (Å²) in [6.07, 6.45) is 2.34. The lowest BCUT2D eigenvalue weighted by molar-refractivity contribution is -0.130. The molecule has 5 rings (SSSR count). The predicted molar refractivity (Wildman–Crippen MR) is 140 cm³/mol. The van der Waals surface area contributed by atoms with Gasteiger partial charge >= 0.3 is 0 Å². The fourth-order valence-corrected chi connectivity index (χ4v) is 4.88. The number of carbonyl (C=O) groups is 1. The lowest BCUT2D eigenvalue weighted by Gasteiger charge is -2.36. The normalized spacial score (nSPS) is 13.9. The van der Waals surface area contributed by atoms with Crippen molar-refractivity contribution in [2.75, 3.05) is 38.2 Å². The molecule has 4 aromatic rings. The van der Waals surface area contributed by atoms with E-state index in [2.05, 4.69) is 60.4 Å². The molecular weight excluding hydrogens is 436 g/mol. The maximum atomic E-state index is 13.5. The van der Waals surface area contributed by atoms with E-state index >= 15 is 0 Å². The van der Waals surface area contributed by atoms with Gasteiger partial charge in [0, 0.05) is 37.9 Å². The fraction of sp³-hybridized carbons (Fsp3) is 0.310. The quantitative estimate of drug-likeness (QED) is 0.421. The number of benzene rings is 2. The van der Waals surface area contributed by atoms with E-state index in [1.165, 1.54) is 11.1 Å². The van der Waals surface area contributed by atoms with E-state index in [-0.39, 0.29) is 5.91 Å². The first-order valence-corrected chi connectivity index (χ1v) is 12.2. The molecule has 1 aliphatic rings. The minimum absolute atomic E-state index is 0.137. The Morgan fingerprint density at radius 2 is 1.69 bits per heavy atom. The molecule has 0 bridgehead atoms. The predicted octanol–water partition coefficient (Wildman–Crippen LogP) is 4.83. The number of amides is 1. The van der Waals surface area contributed by atoms with E-state index in [4.69, 9.17) is 9.72 Å². The average molecular weight is 469 g/mol. The molecule has 2 aromatic carbocycles. The van der Waals surface area contributed by atoms with E-state index in [9.17, 15) is 4.79 Å². The molecule has 1 amide bonds. The van der Waals surface area contributed by atoms with Gasteiger partial charge in [0.2, 0.25) is 5.91 Å². The Kier molecular flexibility index (Phi) is 6.20. The van der Waals surface area contributed by atoms with Crippen molar-refractivity contribution in [1.29, 1.82) is 0 Å². The van der Waals surface area contributed by atoms with Crippen molar-refractivity contribution < 1.29 is 9.53 Å². The number of hydrogen-bond donors (Lipinski definition) is 0. The van der Waals surface area contributed by atoms with Crippen LogP contribution in [0.4, 0.5) is 5.69 Å². The minimum atomic E-state index is 0.137. The Balaban J connectivity index is 1.40. The van der Waals surface area contributed by atoms with Gasteiger partial charge in [-0.3, -0.25) is 4.79 Å². The monoisotopic (exact) mass is 468 g/mol. The summed E-state index contributed by atoms with van der Waals surface area (Å²) in [6.45, 7) is 9.23. The molecule has 0 radical (unpaired) electrons. The standard InChI is InChI=1S/C29H32N4O2/c1-20-11-12-23(18-22(20)3)28-25(33-13-7-8-21(2)29(33)30-28)19-27(34)32-16-14-31(15-17-32)24-9-5-6-10-26(24)35-4/h5-13,18H,14-17,19H2,1-4H3. The number of rotatable bonds is 5. The number of piperazine rings is 1. The summed E-state index contributed by atoms with van der Waals surface area (Å²) in [5.74, 6) is 1.00. The maximum Gasteiger partial charge on any atom is 0.228 e. The maximum absolute atomic E-state index is 13.5. The van der Waals surface area contributed by atoms with Crippen molar-refractivity contribution in [2.45, 2.75) is 27.2 Å². The number of aryl methyl sites for hydroxylation is 3. The van der Waals surface area contributed by atoms with Crippen LogP contribution in [-0.4, -0.2) is 53.5 Å². The molecule has 0 N–H and O–H groups in total. The Bertz CT molecular complexity index is 1380. The largest absolute Gasteiger partial charge is 0.495 e. The number of imidazole rings is 1.